The summed E-state index contributed by atoms with van der Waals surface area (Å²) < 4.78 is 0. The van der Waals surface area contributed by atoms with Crippen LogP contribution in [0.1, 0.15) is 29.8 Å². The fraction of sp³-hybridized carbons (Fsp3) is 0.300. The standard InChI is InChI=1S/C8H7Cl2NO.C2H6/c1-4-2-6(9)7(10)5(3-12)8(4)11;1-2/h2-3H,11H2,1H3;1-2H3. The van der Waals surface area contributed by atoms with Crippen LogP contribution in [0.4, 0.5) is 5.69 Å². The Morgan fingerprint density at radius 2 is 1.86 bits per heavy atom. The first-order valence-corrected chi connectivity index (χ1v) is 5.02. The van der Waals surface area contributed by atoms with E-state index in [1.807, 2.05) is 13.8 Å². The van der Waals surface area contributed by atoms with Crippen LogP contribution in [0.25, 0.3) is 0 Å². The van der Waals surface area contributed by atoms with Crippen molar-refractivity contribution in [2.75, 3.05) is 5.73 Å². The summed E-state index contributed by atoms with van der Waals surface area (Å²) in [6.45, 7) is 5.77. The molecule has 0 radical (unpaired) electrons. The molecule has 78 valence electrons. The number of aldehydes is 1. The molecule has 1 aromatic rings. The van der Waals surface area contributed by atoms with Crippen molar-refractivity contribution in [2.24, 2.45) is 0 Å². The van der Waals surface area contributed by atoms with Gasteiger partial charge in [0.2, 0.25) is 0 Å². The highest BCUT2D eigenvalue weighted by molar-refractivity contribution is 6.43. The Balaban J connectivity index is 0.000000791. The van der Waals surface area contributed by atoms with Gasteiger partial charge in [0.25, 0.3) is 0 Å². The quantitative estimate of drug-likeness (QED) is 0.594. The van der Waals surface area contributed by atoms with Crippen molar-refractivity contribution >= 4 is 35.2 Å². The summed E-state index contributed by atoms with van der Waals surface area (Å²) in [6, 6.07) is 1.63. The van der Waals surface area contributed by atoms with E-state index >= 15 is 0 Å². The Morgan fingerprint density at radius 1 is 1.36 bits per heavy atom. The highest BCUT2D eigenvalue weighted by Crippen LogP contribution is 2.31. The molecule has 0 aliphatic rings. The van der Waals surface area contributed by atoms with Crippen molar-refractivity contribution in [3.63, 3.8) is 0 Å². The van der Waals surface area contributed by atoms with Crippen LogP contribution < -0.4 is 5.73 Å². The lowest BCUT2D eigenvalue weighted by Gasteiger charge is -2.06. The number of halogens is 2. The van der Waals surface area contributed by atoms with Crippen LogP contribution in [-0.2, 0) is 0 Å². The van der Waals surface area contributed by atoms with Crippen LogP contribution in [0.2, 0.25) is 10.0 Å². The molecule has 0 aliphatic carbocycles. The van der Waals surface area contributed by atoms with Crippen molar-refractivity contribution in [2.45, 2.75) is 20.8 Å². The van der Waals surface area contributed by atoms with Gasteiger partial charge in [-0.25, -0.2) is 0 Å². The van der Waals surface area contributed by atoms with Crippen LogP contribution in [0.3, 0.4) is 0 Å². The molecule has 0 fully saturated rings. The van der Waals surface area contributed by atoms with Crippen molar-refractivity contribution < 1.29 is 4.79 Å². The molecule has 0 spiro atoms. The van der Waals surface area contributed by atoms with Gasteiger partial charge in [0.05, 0.1) is 15.6 Å². The summed E-state index contributed by atoms with van der Waals surface area (Å²) in [5, 5.41) is 0.570. The molecule has 0 saturated carbocycles. The normalized spacial score (nSPS) is 8.93. The van der Waals surface area contributed by atoms with E-state index in [0.717, 1.165) is 5.56 Å². The van der Waals surface area contributed by atoms with E-state index in [4.69, 9.17) is 28.9 Å². The van der Waals surface area contributed by atoms with E-state index in [9.17, 15) is 4.79 Å². The summed E-state index contributed by atoms with van der Waals surface area (Å²) in [5.74, 6) is 0. The molecular formula is C10H13Cl2NO. The molecule has 2 N–H and O–H groups in total. The maximum absolute atomic E-state index is 10.5. The van der Waals surface area contributed by atoms with Gasteiger partial charge in [-0.3, -0.25) is 4.79 Å². The third-order valence-electron chi connectivity index (χ3n) is 1.62. The van der Waals surface area contributed by atoms with Crippen molar-refractivity contribution in [3.05, 3.63) is 27.2 Å². The average molecular weight is 234 g/mol. The zero-order chi connectivity index (χ0) is 11.3. The number of rotatable bonds is 1. The van der Waals surface area contributed by atoms with Crippen LogP contribution in [-0.4, -0.2) is 6.29 Å². The monoisotopic (exact) mass is 233 g/mol. The van der Waals surface area contributed by atoms with E-state index in [2.05, 4.69) is 0 Å². The number of carbonyl (C=O) groups is 1. The second-order valence-corrected chi connectivity index (χ2v) is 3.22. The number of hydrogen-bond donors (Lipinski definition) is 1. The molecule has 0 unspecified atom stereocenters. The maximum atomic E-state index is 10.5. The Kier molecular flexibility index (Phi) is 5.58. The smallest absolute Gasteiger partial charge is 0.153 e. The molecule has 0 aliphatic heterocycles. The summed E-state index contributed by atoms with van der Waals surface area (Å²) in [7, 11) is 0. The maximum Gasteiger partial charge on any atom is 0.153 e. The minimum Gasteiger partial charge on any atom is -0.398 e. The first kappa shape index (κ1) is 13.3. The molecule has 0 aromatic heterocycles. The van der Waals surface area contributed by atoms with Gasteiger partial charge in [-0.2, -0.15) is 0 Å². The lowest BCUT2D eigenvalue weighted by Crippen LogP contribution is -1.97. The molecule has 14 heavy (non-hydrogen) atoms. The minimum absolute atomic E-state index is 0.217. The SMILES string of the molecule is CC.Cc1cc(Cl)c(Cl)c(C=O)c1N. The van der Waals surface area contributed by atoms with Crippen molar-refractivity contribution in [1.82, 2.24) is 0 Å². The lowest BCUT2D eigenvalue weighted by atomic mass is 10.1. The Hall–Kier alpha value is -0.730. The largest absolute Gasteiger partial charge is 0.398 e. The molecule has 0 saturated heterocycles. The second-order valence-electron chi connectivity index (χ2n) is 2.43. The van der Waals surface area contributed by atoms with Gasteiger partial charge in [0.15, 0.2) is 6.29 Å². The van der Waals surface area contributed by atoms with Gasteiger partial charge in [-0.05, 0) is 18.6 Å². The first-order chi connectivity index (χ1) is 6.57. The number of aryl methyl sites for hydroxylation is 1. The molecule has 1 aromatic carbocycles. The second kappa shape index (κ2) is 5.89. The predicted molar refractivity (Wildman–Crippen MR) is 62.3 cm³/mol. The van der Waals surface area contributed by atoms with E-state index in [1.165, 1.54) is 0 Å². The van der Waals surface area contributed by atoms with Gasteiger partial charge in [-0.1, -0.05) is 37.0 Å². The van der Waals surface area contributed by atoms with E-state index < -0.39 is 0 Å². The number of nitrogen functional groups attached to an aromatic ring is 1. The molecule has 0 heterocycles. The van der Waals surface area contributed by atoms with E-state index in [0.29, 0.717) is 17.0 Å². The molecule has 2 nitrogen and oxygen atoms in total. The van der Waals surface area contributed by atoms with Crippen LogP contribution in [0, 0.1) is 6.92 Å². The first-order valence-electron chi connectivity index (χ1n) is 4.27. The van der Waals surface area contributed by atoms with Crippen LogP contribution in [0.5, 0.6) is 0 Å². The zero-order valence-corrected chi connectivity index (χ0v) is 9.91. The molecule has 1 rings (SSSR count). The Labute approximate surface area is 94.0 Å². The van der Waals surface area contributed by atoms with Gasteiger partial charge < -0.3 is 5.73 Å². The summed E-state index contributed by atoms with van der Waals surface area (Å²) in [6.07, 6.45) is 0.608. The highest BCUT2D eigenvalue weighted by Gasteiger charge is 2.10. The van der Waals surface area contributed by atoms with Gasteiger partial charge in [-0.15, -0.1) is 0 Å². The number of anilines is 1. The predicted octanol–water partition coefficient (Wildman–Crippen LogP) is 3.72. The van der Waals surface area contributed by atoms with Gasteiger partial charge >= 0.3 is 0 Å². The highest BCUT2D eigenvalue weighted by atomic mass is 35.5. The topological polar surface area (TPSA) is 43.1 Å². The molecular weight excluding hydrogens is 221 g/mol. The molecule has 0 amide bonds. The molecule has 0 bridgehead atoms. The van der Waals surface area contributed by atoms with E-state index in [1.54, 1.807) is 13.0 Å². The Morgan fingerprint density at radius 3 is 2.29 bits per heavy atom. The van der Waals surface area contributed by atoms with Gasteiger partial charge in [0, 0.05) is 5.69 Å². The van der Waals surface area contributed by atoms with Gasteiger partial charge in [0.1, 0.15) is 0 Å². The van der Waals surface area contributed by atoms with Crippen molar-refractivity contribution in [1.29, 1.82) is 0 Å². The van der Waals surface area contributed by atoms with Crippen LogP contribution >= 0.6 is 23.2 Å². The number of hydrogen-bond acceptors (Lipinski definition) is 2. The zero-order valence-electron chi connectivity index (χ0n) is 8.40. The fourth-order valence-corrected chi connectivity index (χ4v) is 1.37. The fourth-order valence-electron chi connectivity index (χ4n) is 0.906. The number of carbonyl (C=O) groups excluding carboxylic acids is 1. The minimum atomic E-state index is 0.217. The summed E-state index contributed by atoms with van der Waals surface area (Å²) >= 11 is 11.5. The van der Waals surface area contributed by atoms with Crippen molar-refractivity contribution in [3.8, 4) is 0 Å². The summed E-state index contributed by atoms with van der Waals surface area (Å²) in [5.41, 5.74) is 7.00. The number of benzene rings is 1. The Bertz CT molecular complexity index is 311. The lowest BCUT2D eigenvalue weighted by molar-refractivity contribution is 0.112. The van der Waals surface area contributed by atoms with Crippen LogP contribution in [0.15, 0.2) is 6.07 Å². The average Bonchev–Trinajstić information content (AvgIpc) is 2.19. The van der Waals surface area contributed by atoms with E-state index in [-0.39, 0.29) is 10.6 Å². The third kappa shape index (κ3) is 2.63. The molecule has 4 heteroatoms. The number of nitrogens with two attached hydrogens (primary N) is 1. The summed E-state index contributed by atoms with van der Waals surface area (Å²) in [4.78, 5) is 10.5. The third-order valence-corrected chi connectivity index (χ3v) is 2.42. The molecule has 0 atom stereocenters.